The largest absolute Gasteiger partial charge is 0.494 e. The van der Waals surface area contributed by atoms with Crippen LogP contribution in [0.3, 0.4) is 0 Å². The summed E-state index contributed by atoms with van der Waals surface area (Å²) >= 11 is 12.0. The topological polar surface area (TPSA) is 33.7 Å². The molecular formula is C14H14Cl2N2O2. The maximum atomic E-state index is 6.02. The summed E-state index contributed by atoms with van der Waals surface area (Å²) in [6.07, 6.45) is 0. The van der Waals surface area contributed by atoms with E-state index in [2.05, 4.69) is 5.43 Å². The van der Waals surface area contributed by atoms with Gasteiger partial charge in [0.2, 0.25) is 0 Å². The molecule has 0 aliphatic rings. The number of hydrogen-bond acceptors (Lipinski definition) is 4. The number of rotatable bonds is 5. The Morgan fingerprint density at radius 1 is 1.00 bits per heavy atom. The van der Waals surface area contributed by atoms with Gasteiger partial charge in [-0.25, -0.2) is 0 Å². The molecule has 0 saturated carbocycles. The van der Waals surface area contributed by atoms with Gasteiger partial charge in [-0.2, -0.15) is 5.17 Å². The van der Waals surface area contributed by atoms with Crippen molar-refractivity contribution in [2.75, 3.05) is 24.8 Å². The molecule has 0 bridgehead atoms. The molecule has 0 amide bonds. The molecule has 0 fully saturated rings. The van der Waals surface area contributed by atoms with Gasteiger partial charge in [0, 0.05) is 10.0 Å². The zero-order valence-electron chi connectivity index (χ0n) is 11.1. The summed E-state index contributed by atoms with van der Waals surface area (Å²) in [4.78, 5) is 5.32. The van der Waals surface area contributed by atoms with E-state index in [9.17, 15) is 0 Å². The number of hydrazine groups is 1. The summed E-state index contributed by atoms with van der Waals surface area (Å²) in [5.74, 6) is 0.630. The predicted molar refractivity (Wildman–Crippen MR) is 82.6 cm³/mol. The van der Waals surface area contributed by atoms with E-state index < -0.39 is 0 Å². The smallest absolute Gasteiger partial charge is 0.146 e. The standard InChI is InChI=1S/C14H14Cl2N2O2/c1-19-14-7-6-11(16)9-13(14)18(20-2)17-12-5-3-4-10(15)8-12/h3-9,17H,1-2H3. The Hall–Kier alpha value is -1.62. The molecule has 2 aromatic rings. The third-order valence-electron chi connectivity index (χ3n) is 2.60. The zero-order valence-corrected chi connectivity index (χ0v) is 12.6. The van der Waals surface area contributed by atoms with Crippen LogP contribution in [0.4, 0.5) is 11.4 Å². The van der Waals surface area contributed by atoms with Crippen LogP contribution in [-0.2, 0) is 4.84 Å². The summed E-state index contributed by atoms with van der Waals surface area (Å²) < 4.78 is 5.30. The molecule has 1 N–H and O–H groups in total. The monoisotopic (exact) mass is 312 g/mol. The molecule has 0 aliphatic heterocycles. The van der Waals surface area contributed by atoms with Gasteiger partial charge in [0.1, 0.15) is 11.4 Å². The van der Waals surface area contributed by atoms with Crippen LogP contribution >= 0.6 is 23.2 Å². The van der Waals surface area contributed by atoms with Crippen LogP contribution in [0.2, 0.25) is 10.0 Å². The van der Waals surface area contributed by atoms with Crippen LogP contribution in [0.25, 0.3) is 0 Å². The van der Waals surface area contributed by atoms with Gasteiger partial charge < -0.3 is 4.74 Å². The number of ether oxygens (including phenoxy) is 1. The number of hydrogen-bond donors (Lipinski definition) is 1. The van der Waals surface area contributed by atoms with Crippen molar-refractivity contribution in [3.63, 3.8) is 0 Å². The van der Waals surface area contributed by atoms with Gasteiger partial charge in [-0.1, -0.05) is 29.3 Å². The van der Waals surface area contributed by atoms with Crippen molar-refractivity contribution in [3.8, 4) is 5.75 Å². The molecule has 6 heteroatoms. The highest BCUT2D eigenvalue weighted by molar-refractivity contribution is 6.31. The molecule has 20 heavy (non-hydrogen) atoms. The van der Waals surface area contributed by atoms with Crippen molar-refractivity contribution in [1.29, 1.82) is 0 Å². The van der Waals surface area contributed by atoms with E-state index in [1.807, 2.05) is 12.1 Å². The second-order valence-corrected chi connectivity index (χ2v) is 4.79. The first kappa shape index (κ1) is 14.8. The first-order chi connectivity index (χ1) is 9.63. The van der Waals surface area contributed by atoms with Gasteiger partial charge >= 0.3 is 0 Å². The average molecular weight is 313 g/mol. The Morgan fingerprint density at radius 3 is 2.40 bits per heavy atom. The summed E-state index contributed by atoms with van der Waals surface area (Å²) in [6.45, 7) is 0. The third-order valence-corrected chi connectivity index (χ3v) is 3.07. The molecule has 0 unspecified atom stereocenters. The van der Waals surface area contributed by atoms with Gasteiger partial charge in [-0.05, 0) is 36.4 Å². The Kier molecular flexibility index (Phi) is 4.95. The summed E-state index contributed by atoms with van der Waals surface area (Å²) in [5.41, 5.74) is 4.51. The van der Waals surface area contributed by atoms with Gasteiger partial charge in [0.25, 0.3) is 0 Å². The van der Waals surface area contributed by atoms with Crippen molar-refractivity contribution in [1.82, 2.24) is 0 Å². The minimum Gasteiger partial charge on any atom is -0.494 e. The molecule has 0 saturated heterocycles. The van der Waals surface area contributed by atoms with Gasteiger partial charge in [-0.3, -0.25) is 10.3 Å². The minimum atomic E-state index is 0.579. The Balaban J connectivity index is 2.30. The van der Waals surface area contributed by atoms with E-state index >= 15 is 0 Å². The van der Waals surface area contributed by atoms with E-state index in [1.54, 1.807) is 37.4 Å². The molecule has 0 aliphatic carbocycles. The highest BCUT2D eigenvalue weighted by Gasteiger charge is 2.13. The minimum absolute atomic E-state index is 0.579. The lowest BCUT2D eigenvalue weighted by Crippen LogP contribution is -2.28. The number of nitrogens with one attached hydrogen (secondary N) is 1. The molecule has 0 spiro atoms. The highest BCUT2D eigenvalue weighted by Crippen LogP contribution is 2.31. The molecule has 0 aromatic heterocycles. The van der Waals surface area contributed by atoms with Gasteiger partial charge in [0.05, 0.1) is 19.9 Å². The third kappa shape index (κ3) is 3.48. The lowest BCUT2D eigenvalue weighted by molar-refractivity contribution is 0.181. The van der Waals surface area contributed by atoms with Crippen LogP contribution in [0, 0.1) is 0 Å². The van der Waals surface area contributed by atoms with Crippen LogP contribution in [-0.4, -0.2) is 14.2 Å². The quantitative estimate of drug-likeness (QED) is 0.830. The van der Waals surface area contributed by atoms with E-state index in [0.29, 0.717) is 21.5 Å². The number of methoxy groups -OCH3 is 1. The van der Waals surface area contributed by atoms with Crippen molar-refractivity contribution in [2.24, 2.45) is 0 Å². The fourth-order valence-corrected chi connectivity index (χ4v) is 2.06. The Labute approximate surface area is 127 Å². The lowest BCUT2D eigenvalue weighted by Gasteiger charge is -2.25. The first-order valence-electron chi connectivity index (χ1n) is 5.84. The zero-order chi connectivity index (χ0) is 14.5. The van der Waals surface area contributed by atoms with Crippen molar-refractivity contribution in [2.45, 2.75) is 0 Å². The molecule has 0 atom stereocenters. The SMILES string of the molecule is COc1ccc(Cl)cc1N(Nc1cccc(Cl)c1)OC. The number of benzene rings is 2. The maximum Gasteiger partial charge on any atom is 0.146 e. The Bertz CT molecular complexity index is 593. The molecular weight excluding hydrogens is 299 g/mol. The molecule has 106 valence electrons. The van der Waals surface area contributed by atoms with E-state index in [-0.39, 0.29) is 0 Å². The fourth-order valence-electron chi connectivity index (χ4n) is 1.70. The van der Waals surface area contributed by atoms with Crippen molar-refractivity contribution < 1.29 is 9.57 Å². The van der Waals surface area contributed by atoms with Crippen LogP contribution < -0.4 is 15.3 Å². The molecule has 2 aromatic carbocycles. The lowest BCUT2D eigenvalue weighted by atomic mass is 10.3. The molecule has 0 heterocycles. The normalized spacial score (nSPS) is 10.2. The molecule has 2 rings (SSSR count). The second-order valence-electron chi connectivity index (χ2n) is 3.92. The predicted octanol–water partition coefficient (Wildman–Crippen LogP) is 4.40. The fraction of sp³-hybridized carbons (Fsp3) is 0.143. The van der Waals surface area contributed by atoms with E-state index in [1.165, 1.54) is 12.3 Å². The summed E-state index contributed by atoms with van der Waals surface area (Å²) in [5, 5.41) is 2.66. The first-order valence-corrected chi connectivity index (χ1v) is 6.59. The van der Waals surface area contributed by atoms with Crippen molar-refractivity contribution in [3.05, 3.63) is 52.5 Å². The van der Waals surface area contributed by atoms with E-state index in [4.69, 9.17) is 32.8 Å². The van der Waals surface area contributed by atoms with Gasteiger partial charge in [-0.15, -0.1) is 0 Å². The number of nitrogens with zero attached hydrogens (tertiary/aromatic N) is 1. The molecule has 4 nitrogen and oxygen atoms in total. The summed E-state index contributed by atoms with van der Waals surface area (Å²) in [7, 11) is 3.12. The maximum absolute atomic E-state index is 6.02. The number of anilines is 2. The van der Waals surface area contributed by atoms with Crippen LogP contribution in [0.15, 0.2) is 42.5 Å². The molecule has 0 radical (unpaired) electrons. The van der Waals surface area contributed by atoms with Crippen LogP contribution in [0.5, 0.6) is 5.75 Å². The van der Waals surface area contributed by atoms with Gasteiger partial charge in [0.15, 0.2) is 0 Å². The van der Waals surface area contributed by atoms with Crippen molar-refractivity contribution >= 4 is 34.6 Å². The Morgan fingerprint density at radius 2 is 1.75 bits per heavy atom. The van der Waals surface area contributed by atoms with E-state index in [0.717, 1.165) is 5.69 Å². The number of halogens is 2. The highest BCUT2D eigenvalue weighted by atomic mass is 35.5. The summed E-state index contributed by atoms with van der Waals surface area (Å²) in [6, 6.07) is 12.5. The average Bonchev–Trinajstić information content (AvgIpc) is 2.45. The van der Waals surface area contributed by atoms with Crippen LogP contribution in [0.1, 0.15) is 0 Å². The second kappa shape index (κ2) is 6.70.